The molecule has 1 heterocycles. The van der Waals surface area contributed by atoms with E-state index in [2.05, 4.69) is 41.0 Å². The standard InChI is InChI=1S/C18H27N3/c1-15-7-9-16(10-8-15)18(19)21-13-11-20(12-14-21)17-5-3-2-4-6-17/h7-10,17,19H,2-6,11-14H2,1H3. The van der Waals surface area contributed by atoms with Crippen molar-refractivity contribution in [1.82, 2.24) is 9.80 Å². The summed E-state index contributed by atoms with van der Waals surface area (Å²) in [6, 6.07) is 9.16. The number of nitrogens with zero attached hydrogens (tertiary/aromatic N) is 2. The highest BCUT2D eigenvalue weighted by Crippen LogP contribution is 2.23. The van der Waals surface area contributed by atoms with Gasteiger partial charge in [0.05, 0.1) is 0 Å². The molecule has 2 fully saturated rings. The van der Waals surface area contributed by atoms with Crippen molar-refractivity contribution in [3.05, 3.63) is 35.4 Å². The van der Waals surface area contributed by atoms with Crippen LogP contribution in [-0.4, -0.2) is 47.9 Å². The Bertz CT molecular complexity index is 466. The molecule has 1 saturated carbocycles. The van der Waals surface area contributed by atoms with Crippen molar-refractivity contribution in [3.63, 3.8) is 0 Å². The maximum absolute atomic E-state index is 8.41. The zero-order valence-corrected chi connectivity index (χ0v) is 13.1. The Balaban J connectivity index is 1.55. The maximum atomic E-state index is 8.41. The minimum absolute atomic E-state index is 0.693. The minimum atomic E-state index is 0.693. The molecule has 2 aliphatic rings. The van der Waals surface area contributed by atoms with E-state index in [0.29, 0.717) is 5.84 Å². The first-order valence-electron chi connectivity index (χ1n) is 8.38. The predicted octanol–water partition coefficient (Wildman–Crippen LogP) is 3.27. The van der Waals surface area contributed by atoms with E-state index >= 15 is 0 Å². The van der Waals surface area contributed by atoms with Crippen LogP contribution in [0.4, 0.5) is 0 Å². The van der Waals surface area contributed by atoms with Crippen molar-refractivity contribution in [1.29, 1.82) is 5.41 Å². The van der Waals surface area contributed by atoms with E-state index in [1.165, 1.54) is 37.7 Å². The highest BCUT2D eigenvalue weighted by molar-refractivity contribution is 5.96. The van der Waals surface area contributed by atoms with Gasteiger partial charge in [-0.15, -0.1) is 0 Å². The van der Waals surface area contributed by atoms with Gasteiger partial charge in [0.1, 0.15) is 5.84 Å². The second-order valence-corrected chi connectivity index (χ2v) is 6.53. The van der Waals surface area contributed by atoms with Crippen molar-refractivity contribution < 1.29 is 0 Å². The highest BCUT2D eigenvalue weighted by Gasteiger charge is 2.26. The molecule has 0 amide bonds. The molecule has 3 rings (SSSR count). The van der Waals surface area contributed by atoms with Crippen molar-refractivity contribution in [2.45, 2.75) is 45.1 Å². The SMILES string of the molecule is Cc1ccc(C(=N)N2CCN(C3CCCCC3)CC2)cc1. The first-order valence-corrected chi connectivity index (χ1v) is 8.38. The lowest BCUT2D eigenvalue weighted by Crippen LogP contribution is -2.52. The van der Waals surface area contributed by atoms with Gasteiger partial charge in [0.25, 0.3) is 0 Å². The van der Waals surface area contributed by atoms with E-state index in [9.17, 15) is 0 Å². The number of rotatable bonds is 2. The van der Waals surface area contributed by atoms with Crippen LogP contribution in [0.15, 0.2) is 24.3 Å². The summed E-state index contributed by atoms with van der Waals surface area (Å²) in [4.78, 5) is 4.90. The largest absolute Gasteiger partial charge is 0.354 e. The third-order valence-electron chi connectivity index (χ3n) is 5.05. The molecule has 1 saturated heterocycles. The maximum Gasteiger partial charge on any atom is 0.128 e. The summed E-state index contributed by atoms with van der Waals surface area (Å²) in [6.07, 6.45) is 7.01. The lowest BCUT2D eigenvalue weighted by atomic mass is 9.94. The van der Waals surface area contributed by atoms with Crippen LogP contribution in [0.2, 0.25) is 0 Å². The molecule has 0 spiro atoms. The Kier molecular flexibility index (Phi) is 4.59. The minimum Gasteiger partial charge on any atom is -0.354 e. The smallest absolute Gasteiger partial charge is 0.128 e. The van der Waals surface area contributed by atoms with Crippen LogP contribution in [0.1, 0.15) is 43.2 Å². The number of benzene rings is 1. The molecule has 3 heteroatoms. The van der Waals surface area contributed by atoms with E-state index < -0.39 is 0 Å². The van der Waals surface area contributed by atoms with Gasteiger partial charge in [-0.2, -0.15) is 0 Å². The molecule has 0 bridgehead atoms. The molecule has 1 aliphatic carbocycles. The zero-order chi connectivity index (χ0) is 14.7. The fourth-order valence-electron chi connectivity index (χ4n) is 3.65. The van der Waals surface area contributed by atoms with Crippen molar-refractivity contribution in [3.8, 4) is 0 Å². The van der Waals surface area contributed by atoms with E-state index in [4.69, 9.17) is 5.41 Å². The second-order valence-electron chi connectivity index (χ2n) is 6.53. The van der Waals surface area contributed by atoms with E-state index in [0.717, 1.165) is 37.8 Å². The van der Waals surface area contributed by atoms with E-state index in [-0.39, 0.29) is 0 Å². The topological polar surface area (TPSA) is 30.3 Å². The van der Waals surface area contributed by atoms with Gasteiger partial charge < -0.3 is 4.90 Å². The Labute approximate surface area is 128 Å². The van der Waals surface area contributed by atoms with Gasteiger partial charge in [0, 0.05) is 37.8 Å². The molecule has 1 aromatic rings. The number of aryl methyl sites for hydroxylation is 1. The molecule has 1 N–H and O–H groups in total. The normalized spacial score (nSPS) is 21.5. The first kappa shape index (κ1) is 14.6. The Morgan fingerprint density at radius 1 is 0.952 bits per heavy atom. The Morgan fingerprint density at radius 3 is 2.19 bits per heavy atom. The number of piperazine rings is 1. The molecule has 0 unspecified atom stereocenters. The molecule has 0 radical (unpaired) electrons. The average molecular weight is 285 g/mol. The summed E-state index contributed by atoms with van der Waals surface area (Å²) >= 11 is 0. The fraction of sp³-hybridized carbons (Fsp3) is 0.611. The molecule has 21 heavy (non-hydrogen) atoms. The summed E-state index contributed by atoms with van der Waals surface area (Å²) < 4.78 is 0. The summed E-state index contributed by atoms with van der Waals surface area (Å²) in [5, 5.41) is 8.41. The van der Waals surface area contributed by atoms with Crippen LogP contribution in [0, 0.1) is 12.3 Å². The lowest BCUT2D eigenvalue weighted by Gasteiger charge is -2.41. The highest BCUT2D eigenvalue weighted by atomic mass is 15.3. The summed E-state index contributed by atoms with van der Waals surface area (Å²) in [6.45, 7) is 6.35. The summed E-state index contributed by atoms with van der Waals surface area (Å²) in [7, 11) is 0. The number of hydrogen-bond acceptors (Lipinski definition) is 2. The zero-order valence-electron chi connectivity index (χ0n) is 13.1. The third-order valence-corrected chi connectivity index (χ3v) is 5.05. The first-order chi connectivity index (χ1) is 10.2. The number of nitrogens with one attached hydrogen (secondary N) is 1. The van der Waals surface area contributed by atoms with Gasteiger partial charge in [-0.3, -0.25) is 10.3 Å². The van der Waals surface area contributed by atoms with Gasteiger partial charge >= 0.3 is 0 Å². The Morgan fingerprint density at radius 2 is 1.57 bits per heavy atom. The third kappa shape index (κ3) is 3.46. The van der Waals surface area contributed by atoms with Gasteiger partial charge in [-0.1, -0.05) is 49.1 Å². The van der Waals surface area contributed by atoms with Crippen molar-refractivity contribution >= 4 is 5.84 Å². The summed E-state index contributed by atoms with van der Waals surface area (Å²) in [5.41, 5.74) is 2.31. The van der Waals surface area contributed by atoms with Gasteiger partial charge in [0.2, 0.25) is 0 Å². The number of amidine groups is 1. The van der Waals surface area contributed by atoms with E-state index in [1.807, 2.05) is 0 Å². The van der Waals surface area contributed by atoms with Crippen LogP contribution in [0.25, 0.3) is 0 Å². The Hall–Kier alpha value is -1.35. The number of hydrogen-bond donors (Lipinski definition) is 1. The molecule has 0 aromatic heterocycles. The van der Waals surface area contributed by atoms with Gasteiger partial charge in [0.15, 0.2) is 0 Å². The molecule has 1 aliphatic heterocycles. The van der Waals surface area contributed by atoms with Crippen molar-refractivity contribution in [2.24, 2.45) is 0 Å². The predicted molar refractivity (Wildman–Crippen MR) is 88.0 cm³/mol. The van der Waals surface area contributed by atoms with Crippen LogP contribution < -0.4 is 0 Å². The average Bonchev–Trinajstić information content (AvgIpc) is 2.56. The second kappa shape index (κ2) is 6.61. The van der Waals surface area contributed by atoms with Crippen molar-refractivity contribution in [2.75, 3.05) is 26.2 Å². The quantitative estimate of drug-likeness (QED) is 0.668. The summed E-state index contributed by atoms with van der Waals surface area (Å²) in [5.74, 6) is 0.693. The molecular weight excluding hydrogens is 258 g/mol. The van der Waals surface area contributed by atoms with Crippen LogP contribution >= 0.6 is 0 Å². The van der Waals surface area contributed by atoms with Gasteiger partial charge in [-0.25, -0.2) is 0 Å². The van der Waals surface area contributed by atoms with E-state index in [1.54, 1.807) is 0 Å². The monoisotopic (exact) mass is 285 g/mol. The van der Waals surface area contributed by atoms with Crippen LogP contribution in [0.3, 0.4) is 0 Å². The molecule has 3 nitrogen and oxygen atoms in total. The fourth-order valence-corrected chi connectivity index (χ4v) is 3.65. The van der Waals surface area contributed by atoms with Crippen LogP contribution in [0.5, 0.6) is 0 Å². The van der Waals surface area contributed by atoms with Crippen LogP contribution in [-0.2, 0) is 0 Å². The molecular formula is C18H27N3. The molecule has 1 aromatic carbocycles. The lowest BCUT2D eigenvalue weighted by molar-refractivity contribution is 0.107. The van der Waals surface area contributed by atoms with Gasteiger partial charge in [-0.05, 0) is 19.8 Å². The molecule has 0 atom stereocenters. The molecule has 114 valence electrons.